The van der Waals surface area contributed by atoms with Crippen LogP contribution < -0.4 is 0 Å². The molecule has 0 saturated heterocycles. The van der Waals surface area contributed by atoms with Crippen molar-refractivity contribution in [3.8, 4) is 0 Å². The number of carboxylic acids is 1. The van der Waals surface area contributed by atoms with E-state index in [9.17, 15) is 9.59 Å². The van der Waals surface area contributed by atoms with Gasteiger partial charge in [-0.15, -0.1) is 0 Å². The van der Waals surface area contributed by atoms with Gasteiger partial charge in [-0.2, -0.15) is 0 Å². The number of hydrogen-bond acceptors (Lipinski definition) is 3. The zero-order valence-electron chi connectivity index (χ0n) is 11.9. The third kappa shape index (κ3) is 21.4. The third-order valence-electron chi connectivity index (χ3n) is 2.49. The van der Waals surface area contributed by atoms with Gasteiger partial charge < -0.3 is 10.2 Å². The number of carbonyl (C=O) groups excluding carboxylic acids is 1. The maximum absolute atomic E-state index is 10.6. The van der Waals surface area contributed by atoms with Crippen LogP contribution >= 0.6 is 0 Å². The molecule has 0 rings (SSSR count). The number of aliphatic hydroxyl groups is 1. The molecule has 0 fully saturated rings. The van der Waals surface area contributed by atoms with Crippen molar-refractivity contribution in [2.45, 2.75) is 71.3 Å². The predicted molar refractivity (Wildman–Crippen MR) is 72.7 cm³/mol. The molecule has 0 aliphatic rings. The molecule has 2 N–H and O–H groups in total. The Labute approximate surface area is 128 Å². The Hall–Kier alpha value is 0.1000. The van der Waals surface area contributed by atoms with Crippen LogP contribution in [0.5, 0.6) is 0 Å². The normalized spacial score (nSPS) is 11.4. The molecular weight excluding hydrogens is 243 g/mol. The Morgan fingerprint density at radius 3 is 1.78 bits per heavy atom. The summed E-state index contributed by atoms with van der Waals surface area (Å²) in [6.07, 6.45) is 8.78. The van der Waals surface area contributed by atoms with Crippen molar-refractivity contribution >= 4 is 36.9 Å². The molecule has 0 radical (unpaired) electrons. The van der Waals surface area contributed by atoms with Gasteiger partial charge in [0.25, 0.3) is 0 Å². The second-order valence-corrected chi connectivity index (χ2v) is 5.70. The van der Waals surface area contributed by atoms with Gasteiger partial charge in [0.05, 0.1) is 0 Å². The van der Waals surface area contributed by atoms with E-state index in [0.717, 1.165) is 40.8 Å². The van der Waals surface area contributed by atoms with E-state index < -0.39 is 12.1 Å². The summed E-state index contributed by atoms with van der Waals surface area (Å²) >= 11 is 0.750. The Morgan fingerprint density at radius 1 is 1.06 bits per heavy atom. The molecule has 0 aliphatic heterocycles. The molecule has 4 nitrogen and oxygen atoms in total. The average Bonchev–Trinajstić information content (AvgIpc) is 2.28. The van der Waals surface area contributed by atoms with E-state index in [1.54, 1.807) is 0 Å². The molecule has 102 valence electrons. The molecule has 5 heteroatoms. The van der Waals surface area contributed by atoms with Crippen molar-refractivity contribution in [3.63, 3.8) is 0 Å². The van der Waals surface area contributed by atoms with Crippen LogP contribution in [0.2, 0.25) is 0 Å². The van der Waals surface area contributed by atoms with Gasteiger partial charge in [-0.1, -0.05) is 0 Å². The van der Waals surface area contributed by atoms with Crippen molar-refractivity contribution in [1.82, 2.24) is 0 Å². The average molecular weight is 268 g/mol. The number of aliphatic carboxylic acids is 1. The second kappa shape index (κ2) is 15.2. The summed E-state index contributed by atoms with van der Waals surface area (Å²) in [4.78, 5) is 20.1. The zero-order chi connectivity index (χ0) is 14.4. The number of carbonyl (C=O) groups is 2. The molecule has 0 aromatic carbocycles. The van der Waals surface area contributed by atoms with Gasteiger partial charge in [-0.25, -0.2) is 4.79 Å². The van der Waals surface area contributed by atoms with Gasteiger partial charge in [0, 0.05) is 0 Å². The van der Waals surface area contributed by atoms with Crippen LogP contribution in [0, 0.1) is 0 Å². The Morgan fingerprint density at radius 2 is 1.44 bits per heavy atom. The first-order valence-corrected chi connectivity index (χ1v) is 7.82. The van der Waals surface area contributed by atoms with E-state index in [1.807, 2.05) is 0 Å². The van der Waals surface area contributed by atoms with Gasteiger partial charge in [-0.05, 0) is 6.92 Å². The predicted octanol–water partition coefficient (Wildman–Crippen LogP) is 2.27. The van der Waals surface area contributed by atoms with Gasteiger partial charge in [0.15, 0.2) is 0 Å². The van der Waals surface area contributed by atoms with Crippen LogP contribution in [-0.2, 0) is 9.59 Å². The molecule has 1 unspecified atom stereocenters. The van der Waals surface area contributed by atoms with Crippen LogP contribution in [0.4, 0.5) is 0 Å². The third-order valence-corrected chi connectivity index (χ3v) is 2.99. The van der Waals surface area contributed by atoms with Gasteiger partial charge >= 0.3 is 100 Å². The molecule has 0 heterocycles. The molecule has 0 saturated carbocycles. The van der Waals surface area contributed by atoms with E-state index in [2.05, 4.69) is 6.92 Å². The minimum absolute atomic E-state index is 0.476. The monoisotopic (exact) mass is 268 g/mol. The Bertz CT molecular complexity index is 217. The summed E-state index contributed by atoms with van der Waals surface area (Å²) in [6.45, 7) is 3.43. The van der Waals surface area contributed by atoms with Crippen molar-refractivity contribution in [2.24, 2.45) is 0 Å². The van der Waals surface area contributed by atoms with Gasteiger partial charge in [-0.3, -0.25) is 0 Å². The first-order valence-electron chi connectivity index (χ1n) is 6.82. The van der Waals surface area contributed by atoms with Crippen molar-refractivity contribution in [1.29, 1.82) is 0 Å². The van der Waals surface area contributed by atoms with Crippen LogP contribution in [-0.4, -0.2) is 53.2 Å². The van der Waals surface area contributed by atoms with E-state index in [1.165, 1.54) is 45.4 Å². The molecule has 0 aliphatic carbocycles. The van der Waals surface area contributed by atoms with E-state index in [-0.39, 0.29) is 0 Å². The summed E-state index contributed by atoms with van der Waals surface area (Å²) in [6, 6.07) is 0. The summed E-state index contributed by atoms with van der Waals surface area (Å²) < 4.78 is 0.476. The van der Waals surface area contributed by atoms with Crippen molar-refractivity contribution in [3.05, 3.63) is 0 Å². The van der Waals surface area contributed by atoms with Crippen LogP contribution in [0.3, 0.4) is 0 Å². The standard InChI is InChI=1S/C10H19O.C3H6O3.Na/c1-2-3-4-5-6-7-8-9-10-11;1-2(4)3(5)6;/h2-9H2,1H3;2,4H,1H3,(H,5,6);. The fourth-order valence-electron chi connectivity index (χ4n) is 1.33. The van der Waals surface area contributed by atoms with Crippen molar-refractivity contribution < 1.29 is 19.8 Å². The number of carboxylic acid groups (broad SMARTS) is 1. The van der Waals surface area contributed by atoms with Crippen LogP contribution in [0.25, 0.3) is 0 Å². The summed E-state index contributed by atoms with van der Waals surface area (Å²) in [5.41, 5.74) is 0. The molecular formula is C13H25NaO4. The second-order valence-electron chi connectivity index (χ2n) is 4.59. The number of unbranched alkanes of at least 4 members (excludes halogenated alkanes) is 6. The Balaban J connectivity index is 0. The molecule has 0 aromatic rings. The zero-order valence-corrected chi connectivity index (χ0v) is 13.9. The van der Waals surface area contributed by atoms with Crippen LogP contribution in [0.15, 0.2) is 0 Å². The quantitative estimate of drug-likeness (QED) is 0.497. The first kappa shape index (κ1) is 20.4. The van der Waals surface area contributed by atoms with E-state index in [4.69, 9.17) is 10.2 Å². The molecule has 18 heavy (non-hydrogen) atoms. The molecule has 0 amide bonds. The molecule has 0 aromatic heterocycles. The Kier molecular flexibility index (Phi) is 17.2. The van der Waals surface area contributed by atoms with Gasteiger partial charge in [0.2, 0.25) is 0 Å². The first-order chi connectivity index (χ1) is 8.41. The molecule has 0 spiro atoms. The van der Waals surface area contributed by atoms with E-state index >= 15 is 0 Å². The molecule has 1 atom stereocenters. The SMILES string of the molecule is CC(O)C(=O)O.CCCCCCCCC[C](=O)[Na]. The summed E-state index contributed by atoms with van der Waals surface area (Å²) in [5, 5.41) is 15.8. The summed E-state index contributed by atoms with van der Waals surface area (Å²) in [7, 11) is 0. The fourth-order valence-corrected chi connectivity index (χ4v) is 1.68. The van der Waals surface area contributed by atoms with Gasteiger partial charge in [0.1, 0.15) is 6.10 Å². The number of aliphatic hydroxyl groups excluding tert-OH is 1. The van der Waals surface area contributed by atoms with Crippen molar-refractivity contribution in [2.75, 3.05) is 0 Å². The fraction of sp³-hybridized carbons (Fsp3) is 0.846. The maximum atomic E-state index is 10.6. The summed E-state index contributed by atoms with van der Waals surface area (Å²) in [5.74, 6) is -1.19. The van der Waals surface area contributed by atoms with Crippen LogP contribution in [0.1, 0.15) is 65.2 Å². The number of rotatable bonds is 9. The van der Waals surface area contributed by atoms with E-state index in [0.29, 0.717) is 3.03 Å². The topological polar surface area (TPSA) is 74.6 Å². The number of hydrogen-bond donors (Lipinski definition) is 2. The molecule has 0 bridgehead atoms. The minimum atomic E-state index is -1.23.